The molecule has 144 valence electrons. The van der Waals surface area contributed by atoms with Gasteiger partial charge >= 0.3 is 5.97 Å². The van der Waals surface area contributed by atoms with Crippen LogP contribution in [0.4, 0.5) is 11.4 Å². The van der Waals surface area contributed by atoms with Crippen molar-refractivity contribution in [2.45, 2.75) is 20.1 Å². The first-order valence-electron chi connectivity index (χ1n) is 8.29. The smallest absolute Gasteiger partial charge is 0.340 e. The number of nitro benzene ring substituents is 1. The van der Waals surface area contributed by atoms with Gasteiger partial charge in [0, 0.05) is 35.5 Å². The Labute approximate surface area is 165 Å². The molecule has 0 spiro atoms. The van der Waals surface area contributed by atoms with E-state index in [-0.39, 0.29) is 17.9 Å². The topological polar surface area (TPSA) is 108 Å². The molecule has 8 nitrogen and oxygen atoms in total. The summed E-state index contributed by atoms with van der Waals surface area (Å²) < 4.78 is 10.2. The molecule has 9 heteroatoms. The summed E-state index contributed by atoms with van der Waals surface area (Å²) in [5.41, 5.74) is 1.69. The van der Waals surface area contributed by atoms with Crippen molar-refractivity contribution in [1.29, 1.82) is 0 Å². The van der Waals surface area contributed by atoms with Crippen LogP contribution in [-0.2, 0) is 17.9 Å². The number of carbonyl (C=O) groups is 1. The molecule has 0 bridgehead atoms. The van der Waals surface area contributed by atoms with Gasteiger partial charge in [0.1, 0.15) is 0 Å². The number of benzene rings is 2. The molecule has 1 heterocycles. The lowest BCUT2D eigenvalue weighted by atomic mass is 10.1. The van der Waals surface area contributed by atoms with E-state index < -0.39 is 10.9 Å². The molecule has 1 aromatic heterocycles. The van der Waals surface area contributed by atoms with Crippen LogP contribution in [0.2, 0.25) is 5.02 Å². The molecule has 0 saturated heterocycles. The van der Waals surface area contributed by atoms with Gasteiger partial charge in [0.05, 0.1) is 16.2 Å². The van der Waals surface area contributed by atoms with Gasteiger partial charge in [-0.05, 0) is 24.6 Å². The van der Waals surface area contributed by atoms with Crippen molar-refractivity contribution in [3.8, 4) is 0 Å². The molecule has 0 fully saturated rings. The number of aryl methyl sites for hydroxylation is 1. The second kappa shape index (κ2) is 8.53. The van der Waals surface area contributed by atoms with Gasteiger partial charge in [0.25, 0.3) is 5.69 Å². The molecule has 0 aliphatic rings. The molecular formula is C19H16ClN3O5. The summed E-state index contributed by atoms with van der Waals surface area (Å²) in [5, 5.41) is 18.4. The monoisotopic (exact) mass is 401 g/mol. The lowest BCUT2D eigenvalue weighted by Gasteiger charge is -2.12. The largest absolute Gasteiger partial charge is 0.454 e. The number of carbonyl (C=O) groups excluding carboxylic acids is 1. The van der Waals surface area contributed by atoms with E-state index in [0.717, 1.165) is 5.56 Å². The number of rotatable bonds is 7. The Morgan fingerprint density at radius 3 is 2.75 bits per heavy atom. The molecule has 3 rings (SSSR count). The highest BCUT2D eigenvalue weighted by molar-refractivity contribution is 6.31. The molecule has 0 radical (unpaired) electrons. The van der Waals surface area contributed by atoms with Gasteiger partial charge < -0.3 is 14.6 Å². The molecule has 0 unspecified atom stereocenters. The molecule has 0 saturated carbocycles. The van der Waals surface area contributed by atoms with Crippen molar-refractivity contribution in [3.05, 3.63) is 86.2 Å². The summed E-state index contributed by atoms with van der Waals surface area (Å²) in [6.45, 7) is 1.94. The molecule has 1 N–H and O–H groups in total. The Bertz CT molecular complexity index is 1020. The summed E-state index contributed by atoms with van der Waals surface area (Å²) in [6.07, 6.45) is 0. The van der Waals surface area contributed by atoms with E-state index >= 15 is 0 Å². The lowest BCUT2D eigenvalue weighted by Crippen LogP contribution is -2.11. The second-order valence-corrected chi connectivity index (χ2v) is 6.35. The number of non-ortho nitro benzene ring substituents is 1. The molecule has 0 atom stereocenters. The standard InChI is InChI=1S/C19H16ClN3O5/c1-12-8-15(28-22-12)11-27-19(24)16-9-14(23(25)26)6-7-18(16)21-10-13-4-2-3-5-17(13)20/h2-9,21H,10-11H2,1H3. The minimum Gasteiger partial charge on any atom is -0.454 e. The van der Waals surface area contributed by atoms with Crippen LogP contribution >= 0.6 is 11.6 Å². The molecule has 0 amide bonds. The number of nitrogens with one attached hydrogen (secondary N) is 1. The van der Waals surface area contributed by atoms with Crippen LogP contribution in [0.1, 0.15) is 27.4 Å². The Morgan fingerprint density at radius 2 is 2.07 bits per heavy atom. The number of nitro groups is 1. The first-order valence-corrected chi connectivity index (χ1v) is 8.67. The molecule has 2 aromatic carbocycles. The summed E-state index contributed by atoms with van der Waals surface area (Å²) in [6, 6.07) is 12.8. The van der Waals surface area contributed by atoms with Crippen molar-refractivity contribution in [3.63, 3.8) is 0 Å². The van der Waals surface area contributed by atoms with E-state index in [1.54, 1.807) is 19.1 Å². The Morgan fingerprint density at radius 1 is 1.29 bits per heavy atom. The van der Waals surface area contributed by atoms with E-state index in [1.807, 2.05) is 18.2 Å². The number of ether oxygens (including phenoxy) is 1. The Hall–Kier alpha value is -3.39. The predicted octanol–water partition coefficient (Wildman–Crippen LogP) is 4.51. The predicted molar refractivity (Wildman–Crippen MR) is 102 cm³/mol. The number of esters is 1. The average Bonchev–Trinajstić information content (AvgIpc) is 3.10. The third-order valence-corrected chi connectivity index (χ3v) is 4.25. The lowest BCUT2D eigenvalue weighted by molar-refractivity contribution is -0.384. The maximum Gasteiger partial charge on any atom is 0.340 e. The highest BCUT2D eigenvalue weighted by Gasteiger charge is 2.19. The zero-order chi connectivity index (χ0) is 20.1. The first-order chi connectivity index (χ1) is 13.4. The number of anilines is 1. The van der Waals surface area contributed by atoms with Crippen molar-refractivity contribution >= 4 is 28.9 Å². The van der Waals surface area contributed by atoms with E-state index in [1.165, 1.54) is 18.2 Å². The molecule has 28 heavy (non-hydrogen) atoms. The number of aromatic nitrogens is 1. The average molecular weight is 402 g/mol. The van der Waals surface area contributed by atoms with E-state index in [4.69, 9.17) is 20.9 Å². The van der Waals surface area contributed by atoms with Crippen LogP contribution in [0.5, 0.6) is 0 Å². The van der Waals surface area contributed by atoms with Crippen molar-refractivity contribution in [2.24, 2.45) is 0 Å². The number of hydrogen-bond acceptors (Lipinski definition) is 7. The maximum atomic E-state index is 12.5. The van der Waals surface area contributed by atoms with Gasteiger partial charge in [-0.3, -0.25) is 10.1 Å². The molecule has 0 aliphatic carbocycles. The Kier molecular flexibility index (Phi) is 5.90. The molecular weight excluding hydrogens is 386 g/mol. The zero-order valence-electron chi connectivity index (χ0n) is 14.8. The highest BCUT2D eigenvalue weighted by Crippen LogP contribution is 2.25. The van der Waals surface area contributed by atoms with Crippen LogP contribution in [0, 0.1) is 17.0 Å². The van der Waals surface area contributed by atoms with Crippen molar-refractivity contribution in [2.75, 3.05) is 5.32 Å². The van der Waals surface area contributed by atoms with Crippen molar-refractivity contribution < 1.29 is 19.0 Å². The first kappa shape index (κ1) is 19.4. The van der Waals surface area contributed by atoms with Crippen molar-refractivity contribution in [1.82, 2.24) is 5.16 Å². The van der Waals surface area contributed by atoms with Crippen LogP contribution in [0.25, 0.3) is 0 Å². The normalized spacial score (nSPS) is 10.5. The van der Waals surface area contributed by atoms with Gasteiger partial charge in [-0.15, -0.1) is 0 Å². The summed E-state index contributed by atoms with van der Waals surface area (Å²) in [7, 11) is 0. The summed E-state index contributed by atoms with van der Waals surface area (Å²) in [5.74, 6) is -0.346. The second-order valence-electron chi connectivity index (χ2n) is 5.94. The van der Waals surface area contributed by atoms with Crippen LogP contribution in [0.3, 0.4) is 0 Å². The minimum absolute atomic E-state index is 0.0393. The van der Waals surface area contributed by atoms with E-state index in [9.17, 15) is 14.9 Å². The van der Waals surface area contributed by atoms with Crippen LogP contribution in [-0.4, -0.2) is 16.0 Å². The van der Waals surface area contributed by atoms with Crippen LogP contribution < -0.4 is 5.32 Å². The molecule has 0 aliphatic heterocycles. The number of hydrogen-bond donors (Lipinski definition) is 1. The number of halogens is 1. The van der Waals surface area contributed by atoms with Gasteiger partial charge in [-0.1, -0.05) is 35.0 Å². The summed E-state index contributed by atoms with van der Waals surface area (Å²) in [4.78, 5) is 23.0. The van der Waals surface area contributed by atoms with E-state index in [2.05, 4.69) is 10.5 Å². The summed E-state index contributed by atoms with van der Waals surface area (Å²) >= 11 is 6.14. The van der Waals surface area contributed by atoms with Gasteiger partial charge in [0.15, 0.2) is 12.4 Å². The third kappa shape index (κ3) is 4.66. The zero-order valence-corrected chi connectivity index (χ0v) is 15.6. The van der Waals surface area contributed by atoms with Gasteiger partial charge in [-0.2, -0.15) is 0 Å². The fourth-order valence-corrected chi connectivity index (χ4v) is 2.70. The maximum absolute atomic E-state index is 12.5. The minimum atomic E-state index is -0.723. The quantitative estimate of drug-likeness (QED) is 0.352. The fourth-order valence-electron chi connectivity index (χ4n) is 2.50. The molecule has 3 aromatic rings. The van der Waals surface area contributed by atoms with E-state index in [0.29, 0.717) is 28.7 Å². The van der Waals surface area contributed by atoms with Crippen LogP contribution in [0.15, 0.2) is 53.1 Å². The third-order valence-electron chi connectivity index (χ3n) is 3.88. The van der Waals surface area contributed by atoms with Gasteiger partial charge in [-0.25, -0.2) is 4.79 Å². The van der Waals surface area contributed by atoms with Gasteiger partial charge in [0.2, 0.25) is 0 Å². The fraction of sp³-hybridized carbons (Fsp3) is 0.158. The SMILES string of the molecule is Cc1cc(COC(=O)c2cc([N+](=O)[O-])ccc2NCc2ccccc2Cl)on1. The Balaban J connectivity index is 1.80. The highest BCUT2D eigenvalue weighted by atomic mass is 35.5. The number of nitrogens with zero attached hydrogens (tertiary/aromatic N) is 2.